The average Bonchev–Trinajstić information content (AvgIpc) is 2.65. The molecule has 1 atom stereocenters. The first-order valence-electron chi connectivity index (χ1n) is 9.21. The average molecular weight is 366 g/mol. The Morgan fingerprint density at radius 2 is 1.63 bits per heavy atom. The quantitative estimate of drug-likeness (QED) is 0.849. The first-order chi connectivity index (χ1) is 13.0. The van der Waals surface area contributed by atoms with E-state index in [1.807, 2.05) is 30.3 Å². The van der Waals surface area contributed by atoms with Gasteiger partial charge in [0, 0.05) is 32.7 Å². The van der Waals surface area contributed by atoms with Gasteiger partial charge in [-0.05, 0) is 23.6 Å². The normalized spacial score (nSPS) is 16.6. The second-order valence-electron chi connectivity index (χ2n) is 6.91. The van der Waals surface area contributed by atoms with Crippen LogP contribution in [0.4, 0.5) is 4.79 Å². The van der Waals surface area contributed by atoms with Gasteiger partial charge in [-0.15, -0.1) is 0 Å². The Hall–Kier alpha value is -2.70. The summed E-state index contributed by atoms with van der Waals surface area (Å²) in [7, 11) is 0. The van der Waals surface area contributed by atoms with Crippen LogP contribution in [0.5, 0.6) is 0 Å². The summed E-state index contributed by atoms with van der Waals surface area (Å²) in [6.45, 7) is 6.26. The van der Waals surface area contributed by atoms with Crippen LogP contribution in [0.3, 0.4) is 0 Å². The third kappa shape index (κ3) is 4.93. The summed E-state index contributed by atoms with van der Waals surface area (Å²) in [5.41, 5.74) is 8.65. The van der Waals surface area contributed by atoms with E-state index in [0.29, 0.717) is 0 Å². The van der Waals surface area contributed by atoms with E-state index >= 15 is 0 Å². The molecule has 0 aromatic heterocycles. The Labute approximate surface area is 159 Å². The number of amides is 3. The fourth-order valence-corrected chi connectivity index (χ4v) is 3.56. The van der Waals surface area contributed by atoms with E-state index in [1.165, 1.54) is 11.1 Å². The Bertz CT molecular complexity index is 786. The number of benzene rings is 2. The van der Waals surface area contributed by atoms with Crippen molar-refractivity contribution >= 4 is 11.9 Å². The van der Waals surface area contributed by atoms with Gasteiger partial charge in [0.25, 0.3) is 0 Å². The summed E-state index contributed by atoms with van der Waals surface area (Å²) in [4.78, 5) is 28.3. The minimum atomic E-state index is -0.820. The lowest BCUT2D eigenvalue weighted by molar-refractivity contribution is -0.126. The number of nitrogens with two attached hydrogens (primary N) is 1. The lowest BCUT2D eigenvalue weighted by Crippen LogP contribution is -2.51. The summed E-state index contributed by atoms with van der Waals surface area (Å²) < 4.78 is 0. The van der Waals surface area contributed by atoms with Crippen LogP contribution in [0, 0.1) is 6.92 Å². The highest BCUT2D eigenvalue weighted by molar-refractivity contribution is 5.96. The smallest absolute Gasteiger partial charge is 0.318 e. The number of rotatable bonds is 5. The van der Waals surface area contributed by atoms with Crippen LogP contribution in [-0.2, 0) is 11.3 Å². The third-order valence-corrected chi connectivity index (χ3v) is 5.04. The number of hydrogen-bond donors (Lipinski definition) is 2. The van der Waals surface area contributed by atoms with Crippen LogP contribution < -0.4 is 11.1 Å². The van der Waals surface area contributed by atoms with Crippen LogP contribution in [0.25, 0.3) is 0 Å². The molecule has 6 nitrogen and oxygen atoms in total. The molecule has 1 heterocycles. The van der Waals surface area contributed by atoms with Crippen molar-refractivity contribution in [2.45, 2.75) is 19.5 Å². The Balaban J connectivity index is 1.68. The molecular weight excluding hydrogens is 340 g/mol. The highest BCUT2D eigenvalue weighted by atomic mass is 16.2. The zero-order valence-electron chi connectivity index (χ0n) is 15.6. The summed E-state index contributed by atoms with van der Waals surface area (Å²) in [6, 6.07) is 16.6. The maximum Gasteiger partial charge on any atom is 0.318 e. The number of nitrogens with zero attached hydrogens (tertiary/aromatic N) is 2. The molecule has 3 rings (SSSR count). The van der Waals surface area contributed by atoms with E-state index in [0.717, 1.165) is 38.3 Å². The van der Waals surface area contributed by atoms with Gasteiger partial charge in [0.15, 0.2) is 0 Å². The fourth-order valence-electron chi connectivity index (χ4n) is 3.56. The number of carbonyl (C=O) groups excluding carboxylic acids is 2. The van der Waals surface area contributed by atoms with Crippen molar-refractivity contribution in [3.8, 4) is 0 Å². The van der Waals surface area contributed by atoms with Gasteiger partial charge in [-0.1, -0.05) is 54.6 Å². The minimum Gasteiger partial charge on any atom is -0.351 e. The van der Waals surface area contributed by atoms with E-state index in [4.69, 9.17) is 5.73 Å². The van der Waals surface area contributed by atoms with Crippen molar-refractivity contribution in [3.05, 3.63) is 71.3 Å². The molecule has 1 saturated heterocycles. The van der Waals surface area contributed by atoms with Gasteiger partial charge in [-0.2, -0.15) is 0 Å². The van der Waals surface area contributed by atoms with Crippen molar-refractivity contribution in [2.24, 2.45) is 5.73 Å². The van der Waals surface area contributed by atoms with Gasteiger partial charge in [0.2, 0.25) is 5.91 Å². The van der Waals surface area contributed by atoms with Crippen LogP contribution in [0.15, 0.2) is 54.6 Å². The van der Waals surface area contributed by atoms with Crippen molar-refractivity contribution in [2.75, 3.05) is 26.2 Å². The van der Waals surface area contributed by atoms with E-state index in [-0.39, 0.29) is 5.91 Å². The monoisotopic (exact) mass is 366 g/mol. The molecule has 1 aliphatic rings. The summed E-state index contributed by atoms with van der Waals surface area (Å²) in [5.74, 6) is -0.374. The number of primary amides is 1. The zero-order valence-corrected chi connectivity index (χ0v) is 15.6. The maximum absolute atomic E-state index is 12.6. The number of piperazine rings is 1. The van der Waals surface area contributed by atoms with Gasteiger partial charge >= 0.3 is 6.03 Å². The minimum absolute atomic E-state index is 0.374. The zero-order chi connectivity index (χ0) is 19.2. The molecule has 2 aromatic rings. The topological polar surface area (TPSA) is 78.7 Å². The van der Waals surface area contributed by atoms with Crippen molar-refractivity contribution in [1.29, 1.82) is 0 Å². The SMILES string of the molecule is Cc1ccccc1CN1CCN(C(C(=O)NC(N)=O)c2ccccc2)CC1. The van der Waals surface area contributed by atoms with Crippen molar-refractivity contribution in [3.63, 3.8) is 0 Å². The predicted octanol–water partition coefficient (Wildman–Crippen LogP) is 2.05. The van der Waals surface area contributed by atoms with Crippen LogP contribution in [0.2, 0.25) is 0 Å². The Morgan fingerprint density at radius 3 is 2.26 bits per heavy atom. The number of hydrogen-bond acceptors (Lipinski definition) is 4. The highest BCUT2D eigenvalue weighted by Crippen LogP contribution is 2.23. The molecule has 142 valence electrons. The molecule has 3 amide bonds. The molecule has 0 spiro atoms. The van der Waals surface area contributed by atoms with Crippen molar-refractivity contribution < 1.29 is 9.59 Å². The number of imide groups is 1. The molecule has 1 unspecified atom stereocenters. The molecule has 0 bridgehead atoms. The van der Waals surface area contributed by atoms with Gasteiger partial charge in [0.05, 0.1) is 0 Å². The van der Waals surface area contributed by atoms with Gasteiger partial charge in [-0.3, -0.25) is 19.9 Å². The molecule has 2 aromatic carbocycles. The van der Waals surface area contributed by atoms with Crippen LogP contribution >= 0.6 is 0 Å². The van der Waals surface area contributed by atoms with E-state index < -0.39 is 12.1 Å². The molecule has 3 N–H and O–H groups in total. The first kappa shape index (κ1) is 19.1. The summed E-state index contributed by atoms with van der Waals surface area (Å²) in [5, 5.41) is 2.24. The second kappa shape index (κ2) is 8.79. The number of nitrogens with one attached hydrogen (secondary N) is 1. The molecule has 0 aliphatic carbocycles. The largest absolute Gasteiger partial charge is 0.351 e. The lowest BCUT2D eigenvalue weighted by atomic mass is 10.0. The number of aryl methyl sites for hydroxylation is 1. The third-order valence-electron chi connectivity index (χ3n) is 5.04. The summed E-state index contributed by atoms with van der Waals surface area (Å²) >= 11 is 0. The molecule has 6 heteroatoms. The fraction of sp³-hybridized carbons (Fsp3) is 0.333. The summed E-state index contributed by atoms with van der Waals surface area (Å²) in [6.07, 6.45) is 0. The molecular formula is C21H26N4O2. The molecule has 0 radical (unpaired) electrons. The van der Waals surface area contributed by atoms with Gasteiger partial charge < -0.3 is 5.73 Å². The van der Waals surface area contributed by atoms with Gasteiger partial charge in [0.1, 0.15) is 6.04 Å². The first-order valence-corrected chi connectivity index (χ1v) is 9.21. The molecule has 1 aliphatic heterocycles. The van der Waals surface area contributed by atoms with E-state index in [9.17, 15) is 9.59 Å². The predicted molar refractivity (Wildman–Crippen MR) is 105 cm³/mol. The van der Waals surface area contributed by atoms with E-state index in [1.54, 1.807) is 0 Å². The Morgan fingerprint density at radius 1 is 1.00 bits per heavy atom. The second-order valence-corrected chi connectivity index (χ2v) is 6.91. The molecule has 27 heavy (non-hydrogen) atoms. The van der Waals surface area contributed by atoms with Gasteiger partial charge in [-0.25, -0.2) is 4.79 Å². The Kier molecular flexibility index (Phi) is 6.21. The number of urea groups is 1. The maximum atomic E-state index is 12.6. The molecule has 1 fully saturated rings. The highest BCUT2D eigenvalue weighted by Gasteiger charge is 2.31. The van der Waals surface area contributed by atoms with Crippen LogP contribution in [0.1, 0.15) is 22.7 Å². The van der Waals surface area contributed by atoms with Crippen LogP contribution in [-0.4, -0.2) is 47.9 Å². The van der Waals surface area contributed by atoms with E-state index in [2.05, 4.69) is 46.3 Å². The lowest BCUT2D eigenvalue weighted by Gasteiger charge is -2.38. The van der Waals surface area contributed by atoms with Crippen molar-refractivity contribution in [1.82, 2.24) is 15.1 Å². The molecule has 0 saturated carbocycles. The standard InChI is InChI=1S/C21H26N4O2/c1-16-7-5-6-10-18(16)15-24-11-13-25(14-12-24)19(20(26)23-21(22)27)17-8-3-2-4-9-17/h2-10,19H,11-15H2,1H3,(H3,22,23,26,27). The number of carbonyl (C=O) groups is 2.